The Labute approximate surface area is 114 Å². The van der Waals surface area contributed by atoms with E-state index in [-0.39, 0.29) is 11.3 Å². The van der Waals surface area contributed by atoms with Crippen LogP contribution in [0.5, 0.6) is 5.75 Å². The first-order chi connectivity index (χ1) is 9.41. The Morgan fingerprint density at radius 2 is 2.10 bits per heavy atom. The molecule has 4 nitrogen and oxygen atoms in total. The molecule has 7 heteroatoms. The first-order valence-corrected chi connectivity index (χ1v) is 6.23. The smallest absolute Gasteiger partial charge is 0.417 e. The van der Waals surface area contributed by atoms with E-state index < -0.39 is 17.6 Å². The van der Waals surface area contributed by atoms with Gasteiger partial charge < -0.3 is 15.7 Å². The number of hydrogen-bond acceptors (Lipinski definition) is 3. The summed E-state index contributed by atoms with van der Waals surface area (Å²) in [5.74, 6) is 0.359. The second-order valence-corrected chi connectivity index (χ2v) is 4.77. The van der Waals surface area contributed by atoms with E-state index >= 15 is 0 Å². The number of rotatable bonds is 5. The lowest BCUT2D eigenvalue weighted by molar-refractivity contribution is -0.137. The molecule has 0 spiro atoms. The van der Waals surface area contributed by atoms with Gasteiger partial charge in [-0.1, -0.05) is 18.0 Å². The standard InChI is InChI=1S/C13H15F3N2O2/c14-13(15,16)11-4-3-9(7-10(11)12(17)18-19)20-6-5-8-1-2-8/h3-4,7-8,19H,1-2,5-6H2,(H2,17,18). The summed E-state index contributed by atoms with van der Waals surface area (Å²) < 4.78 is 43.8. The van der Waals surface area contributed by atoms with Crippen molar-refractivity contribution >= 4 is 5.84 Å². The summed E-state index contributed by atoms with van der Waals surface area (Å²) >= 11 is 0. The van der Waals surface area contributed by atoms with Crippen LogP contribution < -0.4 is 10.5 Å². The van der Waals surface area contributed by atoms with Crippen LogP contribution in [0.4, 0.5) is 13.2 Å². The third-order valence-corrected chi connectivity index (χ3v) is 3.17. The average Bonchev–Trinajstić information content (AvgIpc) is 3.20. The van der Waals surface area contributed by atoms with Gasteiger partial charge in [0.25, 0.3) is 0 Å². The van der Waals surface area contributed by atoms with Crippen molar-refractivity contribution in [3.05, 3.63) is 29.3 Å². The molecule has 1 aliphatic rings. The molecule has 110 valence electrons. The Hall–Kier alpha value is -1.92. The fraction of sp³-hybridized carbons (Fsp3) is 0.462. The molecule has 0 bridgehead atoms. The highest BCUT2D eigenvalue weighted by Crippen LogP contribution is 2.35. The molecule has 0 radical (unpaired) electrons. The lowest BCUT2D eigenvalue weighted by atomic mass is 10.1. The third kappa shape index (κ3) is 3.55. The van der Waals surface area contributed by atoms with E-state index in [4.69, 9.17) is 15.7 Å². The molecular weight excluding hydrogens is 273 g/mol. The Balaban J connectivity index is 2.18. The van der Waals surface area contributed by atoms with Gasteiger partial charge >= 0.3 is 6.18 Å². The summed E-state index contributed by atoms with van der Waals surface area (Å²) in [6, 6.07) is 3.26. The highest BCUT2D eigenvalue weighted by atomic mass is 19.4. The highest BCUT2D eigenvalue weighted by Gasteiger charge is 2.34. The lowest BCUT2D eigenvalue weighted by Crippen LogP contribution is -2.20. The second kappa shape index (κ2) is 5.60. The van der Waals surface area contributed by atoms with Crippen LogP contribution in [-0.2, 0) is 6.18 Å². The number of nitrogens with two attached hydrogens (primary N) is 1. The number of nitrogens with zero attached hydrogens (tertiary/aromatic N) is 1. The predicted octanol–water partition coefficient (Wildman–Crippen LogP) is 2.98. The number of ether oxygens (including phenoxy) is 1. The molecular formula is C13H15F3N2O2. The molecule has 1 fully saturated rings. The molecule has 1 aromatic rings. The van der Waals surface area contributed by atoms with Gasteiger partial charge in [0, 0.05) is 5.56 Å². The molecule has 3 N–H and O–H groups in total. The van der Waals surface area contributed by atoms with Crippen molar-refractivity contribution in [2.45, 2.75) is 25.4 Å². The SMILES string of the molecule is N/C(=N/O)c1cc(OCCC2CC2)ccc1C(F)(F)F. The number of halogens is 3. The van der Waals surface area contributed by atoms with Gasteiger partial charge in [0.2, 0.25) is 0 Å². The van der Waals surface area contributed by atoms with Crippen LogP contribution in [0.15, 0.2) is 23.4 Å². The van der Waals surface area contributed by atoms with E-state index in [2.05, 4.69) is 5.16 Å². The number of oxime groups is 1. The number of alkyl halides is 3. The van der Waals surface area contributed by atoms with Gasteiger partial charge in [0.1, 0.15) is 5.75 Å². The molecule has 0 amide bonds. The van der Waals surface area contributed by atoms with Gasteiger partial charge in [0.15, 0.2) is 5.84 Å². The van der Waals surface area contributed by atoms with Crippen molar-refractivity contribution in [3.8, 4) is 5.75 Å². The number of amidine groups is 1. The van der Waals surface area contributed by atoms with E-state index in [1.54, 1.807) is 0 Å². The molecule has 0 atom stereocenters. The largest absolute Gasteiger partial charge is 0.494 e. The molecule has 20 heavy (non-hydrogen) atoms. The van der Waals surface area contributed by atoms with E-state index in [9.17, 15) is 13.2 Å². The number of benzene rings is 1. The number of hydrogen-bond donors (Lipinski definition) is 2. The second-order valence-electron chi connectivity index (χ2n) is 4.77. The van der Waals surface area contributed by atoms with Crippen molar-refractivity contribution in [3.63, 3.8) is 0 Å². The molecule has 1 aromatic carbocycles. The molecule has 1 saturated carbocycles. The zero-order chi connectivity index (χ0) is 14.8. The normalized spacial score (nSPS) is 16.2. The van der Waals surface area contributed by atoms with Gasteiger partial charge in [-0.2, -0.15) is 13.2 Å². The zero-order valence-corrected chi connectivity index (χ0v) is 10.7. The summed E-state index contributed by atoms with van der Waals surface area (Å²) in [6.07, 6.45) is -1.31. The first-order valence-electron chi connectivity index (χ1n) is 6.23. The molecule has 0 aliphatic heterocycles. The maximum atomic E-state index is 12.8. The maximum Gasteiger partial charge on any atom is 0.417 e. The van der Waals surface area contributed by atoms with E-state index in [0.29, 0.717) is 12.5 Å². The molecule has 1 aliphatic carbocycles. The Bertz CT molecular complexity index is 511. The summed E-state index contributed by atoms with van der Waals surface area (Å²) in [5, 5.41) is 11.2. The van der Waals surface area contributed by atoms with Crippen LogP contribution in [-0.4, -0.2) is 17.6 Å². The monoisotopic (exact) mass is 288 g/mol. The molecule has 0 heterocycles. The Morgan fingerprint density at radius 3 is 2.65 bits per heavy atom. The molecule has 0 saturated heterocycles. The van der Waals surface area contributed by atoms with Crippen molar-refractivity contribution in [1.82, 2.24) is 0 Å². The molecule has 2 rings (SSSR count). The fourth-order valence-corrected chi connectivity index (χ4v) is 1.88. The van der Waals surface area contributed by atoms with E-state index in [1.165, 1.54) is 18.9 Å². The van der Waals surface area contributed by atoms with Crippen molar-refractivity contribution in [2.75, 3.05) is 6.61 Å². The van der Waals surface area contributed by atoms with Gasteiger partial charge in [-0.25, -0.2) is 0 Å². The van der Waals surface area contributed by atoms with Crippen LogP contribution in [0.25, 0.3) is 0 Å². The summed E-state index contributed by atoms with van der Waals surface area (Å²) in [5.41, 5.74) is 3.95. The average molecular weight is 288 g/mol. The third-order valence-electron chi connectivity index (χ3n) is 3.17. The highest BCUT2D eigenvalue weighted by molar-refractivity contribution is 5.99. The van der Waals surface area contributed by atoms with E-state index in [0.717, 1.165) is 18.6 Å². The van der Waals surface area contributed by atoms with Gasteiger partial charge in [-0.15, -0.1) is 0 Å². The Morgan fingerprint density at radius 1 is 1.40 bits per heavy atom. The maximum absolute atomic E-state index is 12.8. The fourth-order valence-electron chi connectivity index (χ4n) is 1.88. The van der Waals surface area contributed by atoms with Crippen molar-refractivity contribution in [2.24, 2.45) is 16.8 Å². The van der Waals surface area contributed by atoms with Crippen molar-refractivity contribution in [1.29, 1.82) is 0 Å². The zero-order valence-electron chi connectivity index (χ0n) is 10.7. The Kier molecular flexibility index (Phi) is 4.06. The predicted molar refractivity (Wildman–Crippen MR) is 66.8 cm³/mol. The van der Waals surface area contributed by atoms with Crippen LogP contribution in [0.1, 0.15) is 30.4 Å². The van der Waals surface area contributed by atoms with Gasteiger partial charge in [0.05, 0.1) is 12.2 Å². The molecule has 0 aromatic heterocycles. The van der Waals surface area contributed by atoms with Crippen molar-refractivity contribution < 1.29 is 23.1 Å². The summed E-state index contributed by atoms with van der Waals surface area (Å²) in [6.45, 7) is 0.450. The first kappa shape index (κ1) is 14.5. The summed E-state index contributed by atoms with van der Waals surface area (Å²) in [7, 11) is 0. The van der Waals surface area contributed by atoms with Crippen LogP contribution in [0.3, 0.4) is 0 Å². The minimum Gasteiger partial charge on any atom is -0.494 e. The minimum absolute atomic E-state index is 0.278. The quantitative estimate of drug-likeness (QED) is 0.379. The van der Waals surface area contributed by atoms with Crippen LogP contribution >= 0.6 is 0 Å². The molecule has 0 unspecified atom stereocenters. The summed E-state index contributed by atoms with van der Waals surface area (Å²) in [4.78, 5) is 0. The minimum atomic E-state index is -4.57. The van der Waals surface area contributed by atoms with Crippen LogP contribution in [0.2, 0.25) is 0 Å². The van der Waals surface area contributed by atoms with Gasteiger partial charge in [-0.3, -0.25) is 0 Å². The van der Waals surface area contributed by atoms with Gasteiger partial charge in [-0.05, 0) is 30.5 Å². The lowest BCUT2D eigenvalue weighted by Gasteiger charge is -2.14. The van der Waals surface area contributed by atoms with E-state index in [1.807, 2.05) is 0 Å². The topological polar surface area (TPSA) is 67.8 Å². The van der Waals surface area contributed by atoms with Crippen LogP contribution in [0, 0.1) is 5.92 Å².